The van der Waals surface area contributed by atoms with Gasteiger partial charge in [0.15, 0.2) is 0 Å². The number of phosphoric ester groups is 1. The van der Waals surface area contributed by atoms with Gasteiger partial charge in [-0.1, -0.05) is 13.3 Å². The minimum absolute atomic E-state index is 1.04. The van der Waals surface area contributed by atoms with Crippen LogP contribution in [0.1, 0.15) is 32.6 Å². The van der Waals surface area contributed by atoms with Crippen LogP contribution in [-0.4, -0.2) is 45.4 Å². The lowest BCUT2D eigenvalue weighted by Gasteiger charge is -2.28. The summed E-state index contributed by atoms with van der Waals surface area (Å²) in [5, 5.41) is 0. The molecule has 0 aromatic heterocycles. The highest BCUT2D eigenvalue weighted by atomic mass is 31.2. The molecular formula is C11H26NO4P. The Labute approximate surface area is 105 Å². The molecule has 0 radical (unpaired) electrons. The number of unbranched alkanes of at least 4 members (excludes halogenated alkanes) is 1. The Hall–Kier alpha value is 0.0700. The molecule has 17 heavy (non-hydrogen) atoms. The van der Waals surface area contributed by atoms with Crippen LogP contribution in [0.2, 0.25) is 0 Å². The second kappa shape index (κ2) is 8.22. The second-order valence-electron chi connectivity index (χ2n) is 4.66. The third kappa shape index (κ3) is 7.90. The van der Waals surface area contributed by atoms with Crippen molar-refractivity contribution in [3.8, 4) is 0 Å². The number of hydrogen-bond donors (Lipinski definition) is 0. The van der Waals surface area contributed by atoms with Crippen molar-refractivity contribution in [3.63, 3.8) is 0 Å². The van der Waals surface area contributed by atoms with E-state index >= 15 is 0 Å². The highest BCUT2D eigenvalue weighted by Gasteiger charge is 2.25. The molecule has 1 saturated heterocycles. The summed E-state index contributed by atoms with van der Waals surface area (Å²) in [6, 6.07) is 0. The minimum Gasteiger partial charge on any atom is -0.756 e. The number of hydrogen-bond acceptors (Lipinski definition) is 4. The van der Waals surface area contributed by atoms with Crippen molar-refractivity contribution in [2.45, 2.75) is 32.6 Å². The Kier molecular flexibility index (Phi) is 8.25. The van der Waals surface area contributed by atoms with E-state index in [1.807, 2.05) is 0 Å². The molecule has 1 aliphatic heterocycles. The van der Waals surface area contributed by atoms with Gasteiger partial charge in [-0.05, 0) is 6.42 Å². The molecule has 0 aromatic carbocycles. The fraction of sp³-hybridized carbons (Fsp3) is 1.00. The summed E-state index contributed by atoms with van der Waals surface area (Å²) >= 11 is 0. The summed E-state index contributed by atoms with van der Waals surface area (Å²) in [5.74, 6) is 0. The smallest absolute Gasteiger partial charge is 0.267 e. The van der Waals surface area contributed by atoms with E-state index in [2.05, 4.69) is 23.0 Å². The van der Waals surface area contributed by atoms with Crippen molar-refractivity contribution in [1.29, 1.82) is 0 Å². The number of rotatable bonds is 5. The summed E-state index contributed by atoms with van der Waals surface area (Å²) < 4.78 is 19.0. The van der Waals surface area contributed by atoms with Crippen molar-refractivity contribution in [2.75, 3.05) is 40.9 Å². The summed E-state index contributed by atoms with van der Waals surface area (Å²) in [6.45, 7) is 6.55. The monoisotopic (exact) mass is 267 g/mol. The molecule has 104 valence electrons. The molecule has 0 saturated carbocycles. The second-order valence-corrected chi connectivity index (χ2v) is 6.29. The van der Waals surface area contributed by atoms with E-state index in [0.717, 1.165) is 14.2 Å². The molecule has 1 aliphatic rings. The Balaban J connectivity index is 0.000000325. The molecule has 0 aromatic rings. The first-order valence-corrected chi connectivity index (χ1v) is 7.61. The van der Waals surface area contributed by atoms with Crippen molar-refractivity contribution in [2.24, 2.45) is 0 Å². The average molecular weight is 267 g/mol. The zero-order valence-electron chi connectivity index (χ0n) is 11.5. The molecule has 1 heterocycles. The van der Waals surface area contributed by atoms with Crippen LogP contribution in [0.3, 0.4) is 0 Å². The summed E-state index contributed by atoms with van der Waals surface area (Å²) in [4.78, 5) is 9.95. The number of phosphoric acid groups is 1. The first-order valence-electron chi connectivity index (χ1n) is 6.15. The first kappa shape index (κ1) is 17.1. The lowest BCUT2D eigenvalue weighted by Crippen LogP contribution is -2.41. The maximum absolute atomic E-state index is 9.95. The fourth-order valence-corrected chi connectivity index (χ4v) is 2.09. The lowest BCUT2D eigenvalue weighted by atomic mass is 10.3. The van der Waals surface area contributed by atoms with Crippen molar-refractivity contribution < 1.29 is 23.0 Å². The molecule has 0 amide bonds. The SMILES string of the molecule is CCCC[N+]1(C)CCCC1.COP(=O)([O-])OC. The molecule has 5 nitrogen and oxygen atoms in total. The van der Waals surface area contributed by atoms with E-state index in [1.54, 1.807) is 0 Å². The molecule has 1 fully saturated rings. The van der Waals surface area contributed by atoms with E-state index in [0.29, 0.717) is 0 Å². The summed E-state index contributed by atoms with van der Waals surface area (Å²) in [6.07, 6.45) is 5.69. The highest BCUT2D eigenvalue weighted by Crippen LogP contribution is 2.34. The molecule has 0 bridgehead atoms. The van der Waals surface area contributed by atoms with E-state index < -0.39 is 7.82 Å². The van der Waals surface area contributed by atoms with Gasteiger partial charge in [-0.3, -0.25) is 4.57 Å². The predicted octanol–water partition coefficient (Wildman–Crippen LogP) is 1.77. The van der Waals surface area contributed by atoms with Gasteiger partial charge in [0.1, 0.15) is 0 Å². The van der Waals surface area contributed by atoms with E-state index in [1.165, 1.54) is 49.8 Å². The van der Waals surface area contributed by atoms with Crippen LogP contribution in [0, 0.1) is 0 Å². The normalized spacial score (nSPS) is 18.6. The van der Waals surface area contributed by atoms with Gasteiger partial charge in [-0.15, -0.1) is 0 Å². The Bertz CT molecular complexity index is 234. The van der Waals surface area contributed by atoms with Crippen LogP contribution in [0.25, 0.3) is 0 Å². The third-order valence-corrected chi connectivity index (χ3v) is 4.04. The van der Waals surface area contributed by atoms with Gasteiger partial charge in [0, 0.05) is 27.1 Å². The highest BCUT2D eigenvalue weighted by molar-refractivity contribution is 7.45. The third-order valence-electron chi connectivity index (χ3n) is 3.14. The van der Waals surface area contributed by atoms with Crippen LogP contribution in [-0.2, 0) is 13.6 Å². The van der Waals surface area contributed by atoms with Gasteiger partial charge < -0.3 is 18.4 Å². The topological polar surface area (TPSA) is 58.6 Å². The number of quaternary nitrogens is 1. The lowest BCUT2D eigenvalue weighted by molar-refractivity contribution is -0.897. The predicted molar refractivity (Wildman–Crippen MR) is 66.6 cm³/mol. The molecule has 0 unspecified atom stereocenters. The quantitative estimate of drug-likeness (QED) is 0.562. The molecular weight excluding hydrogens is 241 g/mol. The van der Waals surface area contributed by atoms with Gasteiger partial charge >= 0.3 is 0 Å². The van der Waals surface area contributed by atoms with Crippen molar-refractivity contribution >= 4 is 7.82 Å². The van der Waals surface area contributed by atoms with Crippen molar-refractivity contribution in [3.05, 3.63) is 0 Å². The van der Waals surface area contributed by atoms with Crippen LogP contribution < -0.4 is 4.89 Å². The van der Waals surface area contributed by atoms with Gasteiger partial charge in [-0.2, -0.15) is 0 Å². The van der Waals surface area contributed by atoms with Crippen LogP contribution >= 0.6 is 7.82 Å². The van der Waals surface area contributed by atoms with Gasteiger partial charge in [0.2, 0.25) is 0 Å². The van der Waals surface area contributed by atoms with Gasteiger partial charge in [0.25, 0.3) is 7.82 Å². The molecule has 6 heteroatoms. The minimum atomic E-state index is -3.90. The Morgan fingerprint density at radius 3 is 2.00 bits per heavy atom. The van der Waals surface area contributed by atoms with Crippen LogP contribution in [0.15, 0.2) is 0 Å². The zero-order valence-corrected chi connectivity index (χ0v) is 12.4. The Morgan fingerprint density at radius 1 is 1.24 bits per heavy atom. The van der Waals surface area contributed by atoms with Crippen molar-refractivity contribution in [1.82, 2.24) is 0 Å². The van der Waals surface area contributed by atoms with Crippen LogP contribution in [0.4, 0.5) is 0 Å². The fourth-order valence-electron chi connectivity index (χ4n) is 1.94. The number of likely N-dealkylation sites (tertiary alicyclic amines) is 1. The maximum Gasteiger partial charge on any atom is 0.267 e. The van der Waals surface area contributed by atoms with E-state index in [-0.39, 0.29) is 0 Å². The molecule has 0 spiro atoms. The molecule has 0 aliphatic carbocycles. The number of nitrogens with zero attached hydrogens (tertiary/aromatic N) is 1. The largest absolute Gasteiger partial charge is 0.756 e. The van der Waals surface area contributed by atoms with E-state index in [9.17, 15) is 9.46 Å². The zero-order chi connectivity index (χ0) is 13.4. The standard InChI is InChI=1S/C9H20N.C2H7O4P/c1-3-4-7-10(2)8-5-6-9-10;1-5-7(3,4)6-2/h3-9H2,1-2H3;1-2H3,(H,3,4)/q+1;/p-1. The van der Waals surface area contributed by atoms with Gasteiger partial charge in [-0.25, -0.2) is 0 Å². The van der Waals surface area contributed by atoms with E-state index in [4.69, 9.17) is 0 Å². The first-order chi connectivity index (χ1) is 7.89. The summed E-state index contributed by atoms with van der Waals surface area (Å²) in [5.41, 5.74) is 0. The van der Waals surface area contributed by atoms with Gasteiger partial charge in [0.05, 0.1) is 26.7 Å². The van der Waals surface area contributed by atoms with Crippen LogP contribution in [0.5, 0.6) is 0 Å². The molecule has 0 atom stereocenters. The summed E-state index contributed by atoms with van der Waals surface area (Å²) in [7, 11) is 0.579. The Morgan fingerprint density at radius 2 is 1.71 bits per heavy atom. The molecule has 1 rings (SSSR count). The average Bonchev–Trinajstić information content (AvgIpc) is 2.75. The maximum atomic E-state index is 9.95. The molecule has 0 N–H and O–H groups in total.